The molecule has 21 heavy (non-hydrogen) atoms. The molecule has 0 saturated heterocycles. The van der Waals surface area contributed by atoms with Crippen LogP contribution in [-0.4, -0.2) is 18.6 Å². The number of carbonyl (C=O) groups is 1. The van der Waals surface area contributed by atoms with Gasteiger partial charge in [-0.1, -0.05) is 30.3 Å². The van der Waals surface area contributed by atoms with Crippen LogP contribution >= 0.6 is 0 Å². The minimum Gasteiger partial charge on any atom is -0.376 e. The molecule has 1 aromatic carbocycles. The van der Waals surface area contributed by atoms with Gasteiger partial charge in [-0.2, -0.15) is 5.26 Å². The number of amides is 1. The molecule has 0 spiro atoms. The monoisotopic (exact) mass is 286 g/mol. The zero-order valence-corrected chi connectivity index (χ0v) is 12.6. The molecule has 0 heterocycles. The number of carbonyl (C=O) groups excluding carboxylic acids is 1. The van der Waals surface area contributed by atoms with Crippen molar-refractivity contribution in [2.24, 2.45) is 11.3 Å². The molecule has 1 saturated carbocycles. The number of hydrogen-bond donors (Lipinski definition) is 1. The largest absolute Gasteiger partial charge is 0.376 e. The molecular formula is C17H22N2O2. The van der Waals surface area contributed by atoms with E-state index in [0.717, 1.165) is 18.4 Å². The van der Waals surface area contributed by atoms with Crippen molar-refractivity contribution in [2.75, 3.05) is 6.61 Å². The Morgan fingerprint density at radius 1 is 1.43 bits per heavy atom. The second-order valence-corrected chi connectivity index (χ2v) is 6.28. The lowest BCUT2D eigenvalue weighted by Crippen LogP contribution is -2.45. The van der Waals surface area contributed by atoms with E-state index < -0.39 is 5.41 Å². The van der Waals surface area contributed by atoms with Gasteiger partial charge in [0.2, 0.25) is 5.91 Å². The molecule has 1 N–H and O–H groups in total. The lowest BCUT2D eigenvalue weighted by atomic mass is 9.93. The van der Waals surface area contributed by atoms with E-state index in [2.05, 4.69) is 11.4 Å². The highest BCUT2D eigenvalue weighted by atomic mass is 16.5. The van der Waals surface area contributed by atoms with Gasteiger partial charge in [0.25, 0.3) is 0 Å². The maximum Gasteiger partial charge on any atom is 0.229 e. The van der Waals surface area contributed by atoms with Gasteiger partial charge in [-0.05, 0) is 38.2 Å². The van der Waals surface area contributed by atoms with Crippen molar-refractivity contribution in [3.05, 3.63) is 35.9 Å². The number of nitrogens with one attached hydrogen (secondary N) is 1. The standard InChI is InChI=1S/C17H22N2O2/c1-17(2,12-21-11-13-6-4-3-5-7-13)16(20)19-15(10-18)14-8-9-14/h3-7,14-15H,8-9,11-12H2,1-2H3,(H,19,20)/t15-/m1/s1. The molecule has 4 nitrogen and oxygen atoms in total. The first-order chi connectivity index (χ1) is 10.0. The van der Waals surface area contributed by atoms with E-state index in [1.165, 1.54) is 0 Å². The van der Waals surface area contributed by atoms with Gasteiger partial charge in [-0.15, -0.1) is 0 Å². The highest BCUT2D eigenvalue weighted by Crippen LogP contribution is 2.32. The van der Waals surface area contributed by atoms with Crippen LogP contribution in [0.2, 0.25) is 0 Å². The third-order valence-corrected chi connectivity index (χ3v) is 3.71. The third kappa shape index (κ3) is 4.57. The fourth-order valence-electron chi connectivity index (χ4n) is 2.09. The summed E-state index contributed by atoms with van der Waals surface area (Å²) in [6, 6.07) is 11.7. The average molecular weight is 286 g/mol. The number of nitriles is 1. The van der Waals surface area contributed by atoms with Crippen LogP contribution in [0.5, 0.6) is 0 Å². The highest BCUT2D eigenvalue weighted by molar-refractivity contribution is 5.82. The smallest absolute Gasteiger partial charge is 0.229 e. The van der Waals surface area contributed by atoms with E-state index >= 15 is 0 Å². The van der Waals surface area contributed by atoms with E-state index in [1.54, 1.807) is 0 Å². The predicted octanol–water partition coefficient (Wildman–Crippen LogP) is 2.65. The molecule has 4 heteroatoms. The first kappa shape index (κ1) is 15.5. The van der Waals surface area contributed by atoms with Crippen LogP contribution in [0.3, 0.4) is 0 Å². The Morgan fingerprint density at radius 2 is 2.10 bits per heavy atom. The van der Waals surface area contributed by atoms with Crippen LogP contribution < -0.4 is 5.32 Å². The molecule has 1 aliphatic carbocycles. The van der Waals surface area contributed by atoms with Crippen LogP contribution in [0.4, 0.5) is 0 Å². The van der Waals surface area contributed by atoms with Crippen LogP contribution in [0, 0.1) is 22.7 Å². The third-order valence-electron chi connectivity index (χ3n) is 3.71. The molecule has 1 aromatic rings. The first-order valence-corrected chi connectivity index (χ1v) is 7.35. The summed E-state index contributed by atoms with van der Waals surface area (Å²) in [6.45, 7) is 4.50. The molecule has 0 radical (unpaired) electrons. The molecule has 1 amide bonds. The molecule has 1 fully saturated rings. The molecule has 2 rings (SSSR count). The predicted molar refractivity (Wildman–Crippen MR) is 80.1 cm³/mol. The summed E-state index contributed by atoms with van der Waals surface area (Å²) < 4.78 is 5.65. The van der Waals surface area contributed by atoms with Crippen molar-refractivity contribution in [3.63, 3.8) is 0 Å². The first-order valence-electron chi connectivity index (χ1n) is 7.35. The Hall–Kier alpha value is -1.86. The fraction of sp³-hybridized carbons (Fsp3) is 0.529. The topological polar surface area (TPSA) is 62.1 Å². The number of rotatable bonds is 7. The minimum atomic E-state index is -0.640. The van der Waals surface area contributed by atoms with Gasteiger partial charge < -0.3 is 10.1 Å². The molecule has 0 bridgehead atoms. The summed E-state index contributed by atoms with van der Waals surface area (Å²) in [4.78, 5) is 12.3. The summed E-state index contributed by atoms with van der Waals surface area (Å²) in [5.41, 5.74) is 0.445. The lowest BCUT2D eigenvalue weighted by Gasteiger charge is -2.25. The van der Waals surface area contributed by atoms with Crippen LogP contribution in [0.25, 0.3) is 0 Å². The Balaban J connectivity index is 1.80. The SMILES string of the molecule is CC(C)(COCc1ccccc1)C(=O)N[C@H](C#N)C1CC1. The molecule has 0 aliphatic heterocycles. The van der Waals surface area contributed by atoms with Gasteiger partial charge in [0, 0.05) is 0 Å². The Labute approximate surface area is 126 Å². The minimum absolute atomic E-state index is 0.117. The van der Waals surface area contributed by atoms with Gasteiger partial charge in [0.1, 0.15) is 6.04 Å². The summed E-state index contributed by atoms with van der Waals surface area (Å²) >= 11 is 0. The van der Waals surface area contributed by atoms with Crippen molar-refractivity contribution in [1.29, 1.82) is 5.26 Å². The summed E-state index contributed by atoms with van der Waals surface area (Å²) in [5, 5.41) is 11.9. The van der Waals surface area contributed by atoms with Crippen LogP contribution in [0.1, 0.15) is 32.3 Å². The maximum absolute atomic E-state index is 12.3. The summed E-state index contributed by atoms with van der Waals surface area (Å²) in [6.07, 6.45) is 2.06. The molecule has 0 unspecified atom stereocenters. The lowest BCUT2D eigenvalue weighted by molar-refractivity contribution is -0.133. The van der Waals surface area contributed by atoms with Crippen molar-refractivity contribution in [3.8, 4) is 6.07 Å². The quantitative estimate of drug-likeness (QED) is 0.838. The zero-order chi connectivity index (χ0) is 15.3. The van der Waals surface area contributed by atoms with Crippen LogP contribution in [0.15, 0.2) is 30.3 Å². The van der Waals surface area contributed by atoms with Crippen molar-refractivity contribution in [1.82, 2.24) is 5.32 Å². The Bertz CT molecular complexity index is 515. The number of ether oxygens (including phenoxy) is 1. The normalized spacial score (nSPS) is 16.0. The Kier molecular flexibility index (Phi) is 4.98. The zero-order valence-electron chi connectivity index (χ0n) is 12.6. The number of benzene rings is 1. The highest BCUT2D eigenvalue weighted by Gasteiger charge is 2.36. The number of hydrogen-bond acceptors (Lipinski definition) is 3. The van der Waals surface area contributed by atoms with Gasteiger partial charge in [0.05, 0.1) is 24.7 Å². The molecule has 1 atom stereocenters. The van der Waals surface area contributed by atoms with E-state index in [1.807, 2.05) is 44.2 Å². The maximum atomic E-state index is 12.3. The van der Waals surface area contributed by atoms with Gasteiger partial charge in [-0.25, -0.2) is 0 Å². The summed E-state index contributed by atoms with van der Waals surface area (Å²) in [5.74, 6) is 0.217. The molecular weight excluding hydrogens is 264 g/mol. The molecule has 112 valence electrons. The molecule has 1 aliphatic rings. The van der Waals surface area contributed by atoms with Crippen molar-refractivity contribution < 1.29 is 9.53 Å². The number of nitrogens with zero attached hydrogens (tertiary/aromatic N) is 1. The van der Waals surface area contributed by atoms with Crippen LogP contribution in [-0.2, 0) is 16.1 Å². The van der Waals surface area contributed by atoms with Gasteiger partial charge in [-0.3, -0.25) is 4.79 Å². The summed E-state index contributed by atoms with van der Waals surface area (Å²) in [7, 11) is 0. The Morgan fingerprint density at radius 3 is 2.67 bits per heavy atom. The van der Waals surface area contributed by atoms with Gasteiger partial charge in [0.15, 0.2) is 0 Å². The van der Waals surface area contributed by atoms with E-state index in [0.29, 0.717) is 19.1 Å². The fourth-order valence-corrected chi connectivity index (χ4v) is 2.09. The average Bonchev–Trinajstić information content (AvgIpc) is 3.30. The van der Waals surface area contributed by atoms with E-state index in [9.17, 15) is 4.79 Å². The van der Waals surface area contributed by atoms with E-state index in [-0.39, 0.29) is 11.9 Å². The van der Waals surface area contributed by atoms with Gasteiger partial charge >= 0.3 is 0 Å². The molecule has 0 aromatic heterocycles. The van der Waals surface area contributed by atoms with Crippen molar-refractivity contribution >= 4 is 5.91 Å². The second kappa shape index (κ2) is 6.73. The second-order valence-electron chi connectivity index (χ2n) is 6.28. The van der Waals surface area contributed by atoms with Crippen molar-refractivity contribution in [2.45, 2.75) is 39.3 Å². The van der Waals surface area contributed by atoms with E-state index in [4.69, 9.17) is 10.00 Å².